The predicted molar refractivity (Wildman–Crippen MR) is 85.8 cm³/mol. The minimum absolute atomic E-state index is 0.0899. The molecule has 1 unspecified atom stereocenters. The van der Waals surface area contributed by atoms with E-state index in [9.17, 15) is 9.90 Å². The summed E-state index contributed by atoms with van der Waals surface area (Å²) >= 11 is 0. The second kappa shape index (κ2) is 8.88. The van der Waals surface area contributed by atoms with E-state index in [2.05, 4.69) is 16.3 Å². The van der Waals surface area contributed by atoms with Gasteiger partial charge in [0.15, 0.2) is 0 Å². The molecule has 1 amide bonds. The maximum atomic E-state index is 12.1. The molecule has 2 N–H and O–H groups in total. The van der Waals surface area contributed by atoms with Crippen molar-refractivity contribution in [2.24, 2.45) is 0 Å². The molecule has 1 fully saturated rings. The van der Waals surface area contributed by atoms with Gasteiger partial charge in [-0.2, -0.15) is 0 Å². The highest BCUT2D eigenvalue weighted by Crippen LogP contribution is 2.13. The summed E-state index contributed by atoms with van der Waals surface area (Å²) in [5.41, 5.74) is 1.85. The van der Waals surface area contributed by atoms with Crippen LogP contribution in [-0.2, 0) is 11.3 Å². The van der Waals surface area contributed by atoms with Gasteiger partial charge in [-0.1, -0.05) is 12.1 Å². The number of carbonyl (C=O) groups is 1. The largest absolute Gasteiger partial charge is 0.391 e. The number of hydrogen-bond donors (Lipinski definition) is 2. The van der Waals surface area contributed by atoms with Crippen molar-refractivity contribution in [3.8, 4) is 0 Å². The number of aliphatic hydroxyl groups excluding tert-OH is 1. The molecule has 1 aliphatic rings. The van der Waals surface area contributed by atoms with Crippen molar-refractivity contribution < 1.29 is 14.6 Å². The summed E-state index contributed by atoms with van der Waals surface area (Å²) in [4.78, 5) is 14.6. The van der Waals surface area contributed by atoms with E-state index < -0.39 is 6.10 Å². The SMILES string of the molecule is COCC(O)CCNC(=O)c1cccc(CN2CCCC2)c1. The zero-order valence-electron chi connectivity index (χ0n) is 13.3. The van der Waals surface area contributed by atoms with Crippen LogP contribution in [0.3, 0.4) is 0 Å². The molecule has 0 bridgehead atoms. The molecule has 2 rings (SSSR count). The van der Waals surface area contributed by atoms with Crippen LogP contribution < -0.4 is 5.32 Å². The van der Waals surface area contributed by atoms with Gasteiger partial charge < -0.3 is 15.2 Å². The number of nitrogens with zero attached hydrogens (tertiary/aromatic N) is 1. The highest BCUT2D eigenvalue weighted by Gasteiger charge is 2.13. The quantitative estimate of drug-likeness (QED) is 0.762. The predicted octanol–water partition coefficient (Wildman–Crippen LogP) is 1.41. The Hall–Kier alpha value is -1.43. The molecular weight excluding hydrogens is 280 g/mol. The molecule has 0 spiro atoms. The Morgan fingerprint density at radius 2 is 2.18 bits per heavy atom. The fraction of sp³-hybridized carbons (Fsp3) is 0.588. The smallest absolute Gasteiger partial charge is 0.251 e. The van der Waals surface area contributed by atoms with Crippen LogP contribution in [0.2, 0.25) is 0 Å². The van der Waals surface area contributed by atoms with Crippen LogP contribution >= 0.6 is 0 Å². The molecule has 5 nitrogen and oxygen atoms in total. The average Bonchev–Trinajstić information content (AvgIpc) is 3.00. The standard InChI is InChI=1S/C17H26N2O3/c1-22-13-16(20)7-8-18-17(21)15-6-4-5-14(11-15)12-19-9-2-3-10-19/h4-6,11,16,20H,2-3,7-10,12-13H2,1H3,(H,18,21). The van der Waals surface area contributed by atoms with Crippen molar-refractivity contribution in [3.63, 3.8) is 0 Å². The summed E-state index contributed by atoms with van der Waals surface area (Å²) in [6.45, 7) is 3.94. The number of likely N-dealkylation sites (tertiary alicyclic amines) is 1. The lowest BCUT2D eigenvalue weighted by atomic mass is 10.1. The van der Waals surface area contributed by atoms with Gasteiger partial charge in [-0.25, -0.2) is 0 Å². The number of hydrogen-bond acceptors (Lipinski definition) is 4. The van der Waals surface area contributed by atoms with E-state index in [4.69, 9.17) is 4.74 Å². The van der Waals surface area contributed by atoms with Gasteiger partial charge in [0.2, 0.25) is 0 Å². The van der Waals surface area contributed by atoms with Crippen molar-refractivity contribution >= 4 is 5.91 Å². The Morgan fingerprint density at radius 3 is 2.91 bits per heavy atom. The van der Waals surface area contributed by atoms with E-state index in [1.54, 1.807) is 7.11 Å². The molecule has 0 aliphatic carbocycles. The summed E-state index contributed by atoms with van der Waals surface area (Å²) in [6.07, 6.45) is 2.49. The Bertz CT molecular complexity index is 473. The highest BCUT2D eigenvalue weighted by molar-refractivity contribution is 5.94. The van der Waals surface area contributed by atoms with E-state index in [-0.39, 0.29) is 5.91 Å². The van der Waals surface area contributed by atoms with Crippen LogP contribution in [0.5, 0.6) is 0 Å². The van der Waals surface area contributed by atoms with Gasteiger partial charge in [-0.05, 0) is 50.0 Å². The Morgan fingerprint density at radius 1 is 1.41 bits per heavy atom. The van der Waals surface area contributed by atoms with Crippen LogP contribution in [0, 0.1) is 0 Å². The molecular formula is C17H26N2O3. The van der Waals surface area contributed by atoms with Crippen LogP contribution in [0.1, 0.15) is 35.2 Å². The van der Waals surface area contributed by atoms with Crippen molar-refractivity contribution in [2.45, 2.75) is 31.9 Å². The minimum Gasteiger partial charge on any atom is -0.391 e. The van der Waals surface area contributed by atoms with Crippen molar-refractivity contribution in [2.75, 3.05) is 33.4 Å². The molecule has 1 heterocycles. The Kier molecular flexibility index (Phi) is 6.83. The molecule has 22 heavy (non-hydrogen) atoms. The van der Waals surface area contributed by atoms with Gasteiger partial charge in [-0.15, -0.1) is 0 Å². The Balaban J connectivity index is 1.81. The Labute approximate surface area is 132 Å². The maximum Gasteiger partial charge on any atom is 0.251 e. The second-order valence-corrected chi connectivity index (χ2v) is 5.84. The van der Waals surface area contributed by atoms with Gasteiger partial charge >= 0.3 is 0 Å². The summed E-state index contributed by atoms with van der Waals surface area (Å²) in [7, 11) is 1.55. The van der Waals surface area contributed by atoms with E-state index >= 15 is 0 Å². The minimum atomic E-state index is -0.535. The van der Waals surface area contributed by atoms with Gasteiger partial charge in [0.05, 0.1) is 12.7 Å². The third kappa shape index (κ3) is 5.40. The number of methoxy groups -OCH3 is 1. The van der Waals surface area contributed by atoms with Gasteiger partial charge in [0.25, 0.3) is 5.91 Å². The highest BCUT2D eigenvalue weighted by atomic mass is 16.5. The first kappa shape index (κ1) is 16.9. The molecule has 0 aromatic heterocycles. The molecule has 1 atom stereocenters. The van der Waals surface area contributed by atoms with Gasteiger partial charge in [0.1, 0.15) is 0 Å². The topological polar surface area (TPSA) is 61.8 Å². The zero-order chi connectivity index (χ0) is 15.8. The number of amides is 1. The molecule has 1 aliphatic heterocycles. The fourth-order valence-corrected chi connectivity index (χ4v) is 2.74. The van der Waals surface area contributed by atoms with E-state index in [1.165, 1.54) is 18.4 Å². The lowest BCUT2D eigenvalue weighted by Gasteiger charge is -2.15. The van der Waals surface area contributed by atoms with Crippen LogP contribution in [-0.4, -0.2) is 55.4 Å². The lowest BCUT2D eigenvalue weighted by molar-refractivity contribution is 0.0587. The van der Waals surface area contributed by atoms with Gasteiger partial charge in [0, 0.05) is 25.8 Å². The second-order valence-electron chi connectivity index (χ2n) is 5.84. The van der Waals surface area contributed by atoms with Crippen LogP contribution in [0.4, 0.5) is 0 Å². The number of carbonyl (C=O) groups excluding carboxylic acids is 1. The van der Waals surface area contributed by atoms with E-state index in [0.29, 0.717) is 25.1 Å². The number of benzene rings is 1. The number of rotatable bonds is 8. The molecule has 1 saturated heterocycles. The molecule has 122 valence electrons. The maximum absolute atomic E-state index is 12.1. The van der Waals surface area contributed by atoms with Crippen LogP contribution in [0.15, 0.2) is 24.3 Å². The number of aliphatic hydroxyl groups is 1. The molecule has 1 aromatic carbocycles. The van der Waals surface area contributed by atoms with E-state index in [0.717, 1.165) is 19.6 Å². The average molecular weight is 306 g/mol. The molecule has 5 heteroatoms. The van der Waals surface area contributed by atoms with Crippen molar-refractivity contribution in [1.82, 2.24) is 10.2 Å². The third-order valence-electron chi connectivity index (χ3n) is 3.92. The van der Waals surface area contributed by atoms with Crippen molar-refractivity contribution in [1.29, 1.82) is 0 Å². The first-order chi connectivity index (χ1) is 10.7. The van der Waals surface area contributed by atoms with E-state index in [1.807, 2.05) is 18.2 Å². The normalized spacial score (nSPS) is 16.6. The summed E-state index contributed by atoms with van der Waals surface area (Å²) in [5, 5.41) is 12.4. The molecule has 0 radical (unpaired) electrons. The van der Waals surface area contributed by atoms with Crippen molar-refractivity contribution in [3.05, 3.63) is 35.4 Å². The van der Waals surface area contributed by atoms with Crippen LogP contribution in [0.25, 0.3) is 0 Å². The number of nitrogens with one attached hydrogen (secondary N) is 1. The first-order valence-electron chi connectivity index (χ1n) is 7.95. The first-order valence-corrected chi connectivity index (χ1v) is 7.95. The lowest BCUT2D eigenvalue weighted by Crippen LogP contribution is -2.28. The fourth-order valence-electron chi connectivity index (χ4n) is 2.74. The molecule has 0 saturated carbocycles. The van der Waals surface area contributed by atoms with Gasteiger partial charge in [-0.3, -0.25) is 9.69 Å². The summed E-state index contributed by atoms with van der Waals surface area (Å²) in [5.74, 6) is -0.0899. The monoisotopic (exact) mass is 306 g/mol. The zero-order valence-corrected chi connectivity index (χ0v) is 13.3. The number of ether oxygens (including phenoxy) is 1. The summed E-state index contributed by atoms with van der Waals surface area (Å²) in [6, 6.07) is 7.78. The summed E-state index contributed by atoms with van der Waals surface area (Å²) < 4.78 is 4.86. The third-order valence-corrected chi connectivity index (χ3v) is 3.92. The molecule has 1 aromatic rings.